The first-order valence-electron chi connectivity index (χ1n) is 5.80. The summed E-state index contributed by atoms with van der Waals surface area (Å²) in [5, 5.41) is 3.70. The molecule has 0 unspecified atom stereocenters. The molecule has 0 atom stereocenters. The van der Waals surface area contributed by atoms with Crippen molar-refractivity contribution >= 4 is 48.6 Å². The summed E-state index contributed by atoms with van der Waals surface area (Å²) in [7, 11) is -1.94. The second-order valence-corrected chi connectivity index (χ2v) is 8.90. The molecule has 20 heavy (non-hydrogen) atoms. The number of ether oxygens (including phenoxy) is 1. The molecule has 0 saturated carbocycles. The third-order valence-electron chi connectivity index (χ3n) is 2.62. The number of hydrogen-bond acceptors (Lipinski definition) is 5. The van der Waals surface area contributed by atoms with Gasteiger partial charge in [0.25, 0.3) is 10.0 Å². The van der Waals surface area contributed by atoms with Gasteiger partial charge in [-0.05, 0) is 38.8 Å². The van der Waals surface area contributed by atoms with Crippen molar-refractivity contribution in [1.82, 2.24) is 4.31 Å². The normalized spacial score (nSPS) is 12.2. The number of halogens is 1. The monoisotopic (exact) mass is 395 g/mol. The zero-order chi connectivity index (χ0) is 14.6. The molecule has 2 aromatic rings. The van der Waals surface area contributed by atoms with Gasteiger partial charge in [0.2, 0.25) is 0 Å². The lowest BCUT2D eigenvalue weighted by molar-refractivity contribution is 0.178. The fourth-order valence-electron chi connectivity index (χ4n) is 1.63. The van der Waals surface area contributed by atoms with Crippen molar-refractivity contribution in [2.45, 2.75) is 10.8 Å². The standard InChI is InChI=1S/C12H14BrNO3S3/c1-17-6-5-14(9-10-3-2-7-18-10)20(15,16)12-11(13)4-8-19-12/h2-4,7-8H,5-6,9H2,1H3. The van der Waals surface area contributed by atoms with Gasteiger partial charge in [-0.1, -0.05) is 6.07 Å². The largest absolute Gasteiger partial charge is 0.383 e. The topological polar surface area (TPSA) is 46.6 Å². The van der Waals surface area contributed by atoms with E-state index in [2.05, 4.69) is 15.9 Å². The second kappa shape index (κ2) is 7.15. The molecule has 8 heteroatoms. The van der Waals surface area contributed by atoms with Crippen molar-refractivity contribution < 1.29 is 13.2 Å². The van der Waals surface area contributed by atoms with E-state index in [-0.39, 0.29) is 0 Å². The van der Waals surface area contributed by atoms with Crippen molar-refractivity contribution in [2.24, 2.45) is 0 Å². The molecule has 2 heterocycles. The van der Waals surface area contributed by atoms with Crippen LogP contribution in [0.3, 0.4) is 0 Å². The summed E-state index contributed by atoms with van der Waals surface area (Å²) < 4.78 is 32.8. The van der Waals surface area contributed by atoms with Crippen molar-refractivity contribution in [3.8, 4) is 0 Å². The van der Waals surface area contributed by atoms with Gasteiger partial charge in [-0.3, -0.25) is 0 Å². The summed E-state index contributed by atoms with van der Waals surface area (Å²) in [6.07, 6.45) is 0. The van der Waals surface area contributed by atoms with E-state index >= 15 is 0 Å². The van der Waals surface area contributed by atoms with Crippen LogP contribution >= 0.6 is 38.6 Å². The minimum absolute atomic E-state index is 0.334. The summed E-state index contributed by atoms with van der Waals surface area (Å²) in [6, 6.07) is 5.60. The summed E-state index contributed by atoms with van der Waals surface area (Å²) in [4.78, 5) is 1.01. The van der Waals surface area contributed by atoms with Crippen molar-refractivity contribution in [3.63, 3.8) is 0 Å². The van der Waals surface area contributed by atoms with Crippen LogP contribution in [0.2, 0.25) is 0 Å². The number of methoxy groups -OCH3 is 1. The van der Waals surface area contributed by atoms with Gasteiger partial charge in [-0.15, -0.1) is 22.7 Å². The summed E-state index contributed by atoms with van der Waals surface area (Å²) in [6.45, 7) is 1.07. The van der Waals surface area contributed by atoms with Gasteiger partial charge in [0.05, 0.1) is 6.61 Å². The molecule has 2 aromatic heterocycles. The first-order valence-corrected chi connectivity index (χ1v) is 9.79. The van der Waals surface area contributed by atoms with E-state index in [1.807, 2.05) is 17.5 Å². The number of hydrogen-bond donors (Lipinski definition) is 0. The van der Waals surface area contributed by atoms with Gasteiger partial charge in [0, 0.05) is 29.5 Å². The molecule has 0 aromatic carbocycles. The van der Waals surface area contributed by atoms with E-state index in [9.17, 15) is 8.42 Å². The SMILES string of the molecule is COCCN(Cc1cccs1)S(=O)(=O)c1sccc1Br. The van der Waals surface area contributed by atoms with Crippen LogP contribution in [0.4, 0.5) is 0 Å². The predicted molar refractivity (Wildman–Crippen MR) is 85.8 cm³/mol. The molecule has 0 radical (unpaired) electrons. The molecule has 0 fully saturated rings. The second-order valence-electron chi connectivity index (χ2n) is 3.97. The molecule has 0 amide bonds. The van der Waals surface area contributed by atoms with Crippen LogP contribution in [0.1, 0.15) is 4.88 Å². The fourth-order valence-corrected chi connectivity index (χ4v) is 6.29. The number of nitrogens with zero attached hydrogens (tertiary/aromatic N) is 1. The Kier molecular flexibility index (Phi) is 5.76. The highest BCUT2D eigenvalue weighted by Gasteiger charge is 2.27. The molecule has 0 spiro atoms. The average Bonchev–Trinajstić information content (AvgIpc) is 3.05. The van der Waals surface area contributed by atoms with E-state index < -0.39 is 10.0 Å². The van der Waals surface area contributed by atoms with Crippen molar-refractivity contribution in [1.29, 1.82) is 0 Å². The third kappa shape index (κ3) is 3.69. The maximum atomic E-state index is 12.7. The van der Waals surface area contributed by atoms with Gasteiger partial charge >= 0.3 is 0 Å². The molecular formula is C12H14BrNO3S3. The highest BCUT2D eigenvalue weighted by Crippen LogP contribution is 2.31. The zero-order valence-electron chi connectivity index (χ0n) is 10.8. The Balaban J connectivity index is 2.28. The lowest BCUT2D eigenvalue weighted by Gasteiger charge is -2.20. The zero-order valence-corrected chi connectivity index (χ0v) is 14.8. The van der Waals surface area contributed by atoms with Crippen LogP contribution < -0.4 is 0 Å². The average molecular weight is 396 g/mol. The molecule has 2 rings (SSSR count). The smallest absolute Gasteiger partial charge is 0.254 e. The Morgan fingerprint density at radius 2 is 2.10 bits per heavy atom. The Morgan fingerprint density at radius 1 is 1.30 bits per heavy atom. The maximum Gasteiger partial charge on any atom is 0.254 e. The lowest BCUT2D eigenvalue weighted by Crippen LogP contribution is -2.33. The lowest BCUT2D eigenvalue weighted by atomic mass is 10.4. The molecular weight excluding hydrogens is 382 g/mol. The van der Waals surface area contributed by atoms with Crippen LogP contribution in [0.5, 0.6) is 0 Å². The number of thiophene rings is 2. The highest BCUT2D eigenvalue weighted by molar-refractivity contribution is 9.10. The van der Waals surface area contributed by atoms with Crippen LogP contribution in [-0.2, 0) is 21.3 Å². The van der Waals surface area contributed by atoms with Gasteiger partial charge in [-0.25, -0.2) is 8.42 Å². The molecule has 110 valence electrons. The minimum atomic E-state index is -3.51. The van der Waals surface area contributed by atoms with Gasteiger partial charge in [0.1, 0.15) is 4.21 Å². The third-order valence-corrected chi connectivity index (χ3v) is 7.97. The maximum absolute atomic E-state index is 12.7. The van der Waals surface area contributed by atoms with Crippen LogP contribution in [0.15, 0.2) is 37.6 Å². The van der Waals surface area contributed by atoms with E-state index in [0.717, 1.165) is 4.88 Å². The van der Waals surface area contributed by atoms with E-state index in [4.69, 9.17) is 4.74 Å². The molecule has 0 N–H and O–H groups in total. The first kappa shape index (κ1) is 16.1. The Bertz CT molecular complexity index is 637. The molecule has 0 aliphatic heterocycles. The Morgan fingerprint density at radius 3 is 2.65 bits per heavy atom. The van der Waals surface area contributed by atoms with Crippen LogP contribution in [0.25, 0.3) is 0 Å². The summed E-state index contributed by atoms with van der Waals surface area (Å²) >= 11 is 6.06. The van der Waals surface area contributed by atoms with Crippen molar-refractivity contribution in [2.75, 3.05) is 20.3 Å². The number of rotatable bonds is 7. The van der Waals surface area contributed by atoms with Crippen molar-refractivity contribution in [3.05, 3.63) is 38.3 Å². The van der Waals surface area contributed by atoms with Crippen LogP contribution in [0, 0.1) is 0 Å². The summed E-state index contributed by atoms with van der Waals surface area (Å²) in [5.41, 5.74) is 0. The molecule has 0 aliphatic carbocycles. The van der Waals surface area contributed by atoms with Gasteiger partial charge in [0.15, 0.2) is 0 Å². The molecule has 0 bridgehead atoms. The van der Waals surface area contributed by atoms with Gasteiger partial charge < -0.3 is 4.74 Å². The summed E-state index contributed by atoms with van der Waals surface area (Å²) in [5.74, 6) is 0. The Labute approximate surface area is 135 Å². The first-order chi connectivity index (χ1) is 9.55. The van der Waals surface area contributed by atoms with E-state index in [0.29, 0.717) is 28.4 Å². The quantitative estimate of drug-likeness (QED) is 0.721. The minimum Gasteiger partial charge on any atom is -0.383 e. The number of sulfonamides is 1. The van der Waals surface area contributed by atoms with E-state index in [1.54, 1.807) is 29.9 Å². The fraction of sp³-hybridized carbons (Fsp3) is 0.333. The predicted octanol–water partition coefficient (Wildman–Crippen LogP) is 3.41. The highest BCUT2D eigenvalue weighted by atomic mass is 79.9. The van der Waals surface area contributed by atoms with Gasteiger partial charge in [-0.2, -0.15) is 4.31 Å². The molecule has 0 aliphatic rings. The molecule has 4 nitrogen and oxygen atoms in total. The molecule has 0 saturated heterocycles. The Hall–Kier alpha value is -0.250. The van der Waals surface area contributed by atoms with Crippen LogP contribution in [-0.4, -0.2) is 33.0 Å². The van der Waals surface area contributed by atoms with E-state index in [1.165, 1.54) is 15.6 Å².